The third-order valence-corrected chi connectivity index (χ3v) is 2.26. The number of aryl methyl sites for hydroxylation is 1. The standard InChI is InChI=1S/C11H17NO2/c1-8-4-3-5-11(9(8)2)14-7-10(13)6-12/h3-5,10,13H,6-7,12H2,1-2H3/t10-/m1/s1. The molecule has 0 aliphatic carbocycles. The third kappa shape index (κ3) is 2.72. The van der Waals surface area contributed by atoms with E-state index in [1.807, 2.05) is 32.0 Å². The molecule has 14 heavy (non-hydrogen) atoms. The summed E-state index contributed by atoms with van der Waals surface area (Å²) in [5.41, 5.74) is 7.57. The Morgan fingerprint density at radius 1 is 1.43 bits per heavy atom. The summed E-state index contributed by atoms with van der Waals surface area (Å²) in [4.78, 5) is 0. The lowest BCUT2D eigenvalue weighted by atomic mass is 10.1. The molecule has 0 saturated carbocycles. The van der Waals surface area contributed by atoms with Crippen LogP contribution in [0.5, 0.6) is 5.75 Å². The van der Waals surface area contributed by atoms with Crippen molar-refractivity contribution < 1.29 is 9.84 Å². The van der Waals surface area contributed by atoms with E-state index in [9.17, 15) is 5.11 Å². The average molecular weight is 195 g/mol. The quantitative estimate of drug-likeness (QED) is 0.753. The van der Waals surface area contributed by atoms with Crippen LogP contribution < -0.4 is 10.5 Å². The smallest absolute Gasteiger partial charge is 0.122 e. The maximum absolute atomic E-state index is 9.23. The van der Waals surface area contributed by atoms with Gasteiger partial charge in [0, 0.05) is 6.54 Å². The van der Waals surface area contributed by atoms with E-state index < -0.39 is 6.10 Å². The van der Waals surface area contributed by atoms with Crippen LogP contribution in [-0.4, -0.2) is 24.4 Å². The number of rotatable bonds is 4. The topological polar surface area (TPSA) is 55.5 Å². The van der Waals surface area contributed by atoms with Gasteiger partial charge in [0.25, 0.3) is 0 Å². The van der Waals surface area contributed by atoms with Crippen LogP contribution in [0.4, 0.5) is 0 Å². The molecule has 0 fully saturated rings. The Hall–Kier alpha value is -1.06. The van der Waals surface area contributed by atoms with E-state index in [-0.39, 0.29) is 13.2 Å². The van der Waals surface area contributed by atoms with E-state index in [0.717, 1.165) is 11.3 Å². The zero-order chi connectivity index (χ0) is 10.6. The molecule has 0 saturated heterocycles. The zero-order valence-electron chi connectivity index (χ0n) is 8.66. The van der Waals surface area contributed by atoms with Crippen molar-refractivity contribution in [3.63, 3.8) is 0 Å². The van der Waals surface area contributed by atoms with Gasteiger partial charge >= 0.3 is 0 Å². The van der Waals surface area contributed by atoms with Crippen LogP contribution in [0.25, 0.3) is 0 Å². The first-order chi connectivity index (χ1) is 6.65. The van der Waals surface area contributed by atoms with Crippen molar-refractivity contribution in [3.8, 4) is 5.75 Å². The van der Waals surface area contributed by atoms with Gasteiger partial charge in [0.15, 0.2) is 0 Å². The highest BCUT2D eigenvalue weighted by molar-refractivity contribution is 5.38. The highest BCUT2D eigenvalue weighted by Gasteiger charge is 2.05. The van der Waals surface area contributed by atoms with Gasteiger partial charge in [-0.1, -0.05) is 12.1 Å². The molecule has 3 nitrogen and oxygen atoms in total. The van der Waals surface area contributed by atoms with Gasteiger partial charge in [-0.05, 0) is 31.0 Å². The predicted molar refractivity (Wildman–Crippen MR) is 56.5 cm³/mol. The molecule has 0 radical (unpaired) electrons. The number of nitrogens with two attached hydrogens (primary N) is 1. The van der Waals surface area contributed by atoms with Gasteiger partial charge in [-0.25, -0.2) is 0 Å². The van der Waals surface area contributed by atoms with Crippen LogP contribution >= 0.6 is 0 Å². The second kappa shape index (κ2) is 4.98. The van der Waals surface area contributed by atoms with E-state index in [0.29, 0.717) is 0 Å². The van der Waals surface area contributed by atoms with E-state index in [1.165, 1.54) is 5.56 Å². The first kappa shape index (κ1) is 11.0. The minimum Gasteiger partial charge on any atom is -0.491 e. The van der Waals surface area contributed by atoms with Crippen LogP contribution in [0.2, 0.25) is 0 Å². The molecular formula is C11H17NO2. The van der Waals surface area contributed by atoms with Crippen LogP contribution in [0.15, 0.2) is 18.2 Å². The molecule has 1 aromatic rings. The molecule has 0 unspecified atom stereocenters. The Bertz CT molecular complexity index is 299. The normalized spacial score (nSPS) is 12.6. The lowest BCUT2D eigenvalue weighted by Gasteiger charge is -2.13. The second-order valence-corrected chi connectivity index (χ2v) is 3.40. The largest absolute Gasteiger partial charge is 0.491 e. The van der Waals surface area contributed by atoms with E-state index in [4.69, 9.17) is 10.5 Å². The monoisotopic (exact) mass is 195 g/mol. The molecule has 3 N–H and O–H groups in total. The molecular weight excluding hydrogens is 178 g/mol. The number of benzene rings is 1. The number of ether oxygens (including phenoxy) is 1. The number of aliphatic hydroxyl groups excluding tert-OH is 1. The zero-order valence-corrected chi connectivity index (χ0v) is 8.66. The van der Waals surface area contributed by atoms with E-state index >= 15 is 0 Å². The predicted octanol–water partition coefficient (Wildman–Crippen LogP) is 1.00. The number of hydrogen-bond donors (Lipinski definition) is 2. The summed E-state index contributed by atoms with van der Waals surface area (Å²) in [6, 6.07) is 5.86. The fourth-order valence-corrected chi connectivity index (χ4v) is 1.13. The molecule has 0 spiro atoms. The summed E-state index contributed by atoms with van der Waals surface area (Å²) in [6.07, 6.45) is -0.588. The molecule has 0 aromatic heterocycles. The molecule has 1 atom stereocenters. The van der Waals surface area contributed by atoms with Crippen LogP contribution in [0.3, 0.4) is 0 Å². The first-order valence-electron chi connectivity index (χ1n) is 4.72. The minimum atomic E-state index is -0.588. The van der Waals surface area contributed by atoms with Crippen molar-refractivity contribution in [3.05, 3.63) is 29.3 Å². The fourth-order valence-electron chi connectivity index (χ4n) is 1.13. The lowest BCUT2D eigenvalue weighted by Crippen LogP contribution is -2.26. The summed E-state index contributed by atoms with van der Waals surface area (Å²) in [6.45, 7) is 4.51. The summed E-state index contributed by atoms with van der Waals surface area (Å²) >= 11 is 0. The molecule has 1 rings (SSSR count). The summed E-state index contributed by atoms with van der Waals surface area (Å²) in [5, 5.41) is 9.23. The average Bonchev–Trinajstić information content (AvgIpc) is 2.20. The Balaban J connectivity index is 2.63. The van der Waals surface area contributed by atoms with Crippen molar-refractivity contribution in [1.82, 2.24) is 0 Å². The number of hydrogen-bond acceptors (Lipinski definition) is 3. The molecule has 0 bridgehead atoms. The molecule has 1 aromatic carbocycles. The molecule has 0 aliphatic rings. The third-order valence-electron chi connectivity index (χ3n) is 2.26. The van der Waals surface area contributed by atoms with E-state index in [2.05, 4.69) is 0 Å². The maximum atomic E-state index is 9.23. The highest BCUT2D eigenvalue weighted by Crippen LogP contribution is 2.20. The minimum absolute atomic E-state index is 0.227. The van der Waals surface area contributed by atoms with Gasteiger partial charge in [-0.15, -0.1) is 0 Å². The van der Waals surface area contributed by atoms with E-state index in [1.54, 1.807) is 0 Å². The molecule has 0 aliphatic heterocycles. The summed E-state index contributed by atoms with van der Waals surface area (Å²) < 4.78 is 5.44. The Kier molecular flexibility index (Phi) is 3.92. The second-order valence-electron chi connectivity index (χ2n) is 3.40. The fraction of sp³-hybridized carbons (Fsp3) is 0.455. The Morgan fingerprint density at radius 3 is 2.79 bits per heavy atom. The van der Waals surface area contributed by atoms with Crippen LogP contribution in [0.1, 0.15) is 11.1 Å². The van der Waals surface area contributed by atoms with Crippen LogP contribution in [-0.2, 0) is 0 Å². The molecule has 3 heteroatoms. The Labute approximate surface area is 84.5 Å². The van der Waals surface area contributed by atoms with Gasteiger partial charge in [0.2, 0.25) is 0 Å². The lowest BCUT2D eigenvalue weighted by molar-refractivity contribution is 0.114. The van der Waals surface area contributed by atoms with Crippen molar-refractivity contribution in [2.24, 2.45) is 5.73 Å². The highest BCUT2D eigenvalue weighted by atomic mass is 16.5. The maximum Gasteiger partial charge on any atom is 0.122 e. The summed E-state index contributed by atoms with van der Waals surface area (Å²) in [5.74, 6) is 0.817. The number of aliphatic hydroxyl groups is 1. The van der Waals surface area contributed by atoms with Crippen molar-refractivity contribution >= 4 is 0 Å². The Morgan fingerprint density at radius 2 is 2.14 bits per heavy atom. The van der Waals surface area contributed by atoms with Crippen molar-refractivity contribution in [2.45, 2.75) is 20.0 Å². The van der Waals surface area contributed by atoms with Gasteiger partial charge in [-0.2, -0.15) is 0 Å². The van der Waals surface area contributed by atoms with Gasteiger partial charge in [-0.3, -0.25) is 0 Å². The SMILES string of the molecule is Cc1cccc(OC[C@H](O)CN)c1C. The van der Waals surface area contributed by atoms with Gasteiger partial charge in [0.05, 0.1) is 0 Å². The van der Waals surface area contributed by atoms with Crippen molar-refractivity contribution in [2.75, 3.05) is 13.2 Å². The molecule has 0 amide bonds. The van der Waals surface area contributed by atoms with Gasteiger partial charge < -0.3 is 15.6 Å². The van der Waals surface area contributed by atoms with Crippen LogP contribution in [0, 0.1) is 13.8 Å². The molecule has 0 heterocycles. The van der Waals surface area contributed by atoms with Gasteiger partial charge in [0.1, 0.15) is 18.5 Å². The van der Waals surface area contributed by atoms with Crippen molar-refractivity contribution in [1.29, 1.82) is 0 Å². The summed E-state index contributed by atoms with van der Waals surface area (Å²) in [7, 11) is 0. The first-order valence-corrected chi connectivity index (χ1v) is 4.72. The molecule has 78 valence electrons.